The van der Waals surface area contributed by atoms with Crippen molar-refractivity contribution in [3.8, 4) is 34.6 Å². The molecule has 0 fully saturated rings. The molecule has 0 saturated heterocycles. The van der Waals surface area contributed by atoms with Crippen LogP contribution < -0.4 is 18.9 Å². The number of allylic oxidation sites excluding steroid dienone is 1. The Morgan fingerprint density at radius 2 is 1.80 bits per heavy atom. The Labute approximate surface area is 232 Å². The first-order valence-electron chi connectivity index (χ1n) is 12.2. The third-order valence-electron chi connectivity index (χ3n) is 5.90. The number of halogens is 1. The average molecular weight is 574 g/mol. The van der Waals surface area contributed by atoms with E-state index < -0.39 is 27.0 Å². The molecule has 14 heteroatoms. The number of rotatable bonds is 12. The van der Waals surface area contributed by atoms with Crippen LogP contribution in [0.5, 0.6) is 17.4 Å². The molecule has 214 valence electrons. The van der Waals surface area contributed by atoms with Gasteiger partial charge in [-0.3, -0.25) is 9.29 Å². The van der Waals surface area contributed by atoms with Gasteiger partial charge in [-0.05, 0) is 45.7 Å². The fraction of sp³-hybridized carbons (Fsp3) is 0.346. The van der Waals surface area contributed by atoms with Crippen LogP contribution in [0.1, 0.15) is 27.7 Å². The van der Waals surface area contributed by atoms with E-state index in [1.165, 1.54) is 32.6 Å². The third kappa shape index (κ3) is 6.62. The summed E-state index contributed by atoms with van der Waals surface area (Å²) in [6.07, 6.45) is 0.952. The first kappa shape index (κ1) is 30.2. The highest BCUT2D eigenvalue weighted by atomic mass is 32.2. The number of amidine groups is 1. The van der Waals surface area contributed by atoms with E-state index in [1.807, 2.05) is 6.92 Å². The summed E-state index contributed by atoms with van der Waals surface area (Å²) in [6.45, 7) is 9.95. The molecule has 0 unspecified atom stereocenters. The number of aromatic nitrogens is 4. The Kier molecular flexibility index (Phi) is 9.93. The monoisotopic (exact) mass is 573 g/mol. The van der Waals surface area contributed by atoms with E-state index >= 15 is 0 Å². The van der Waals surface area contributed by atoms with Gasteiger partial charge >= 0.3 is 0 Å². The molecule has 1 N–H and O–H groups in total. The molecule has 1 aromatic carbocycles. The first-order chi connectivity index (χ1) is 19.1. The van der Waals surface area contributed by atoms with Crippen molar-refractivity contribution < 1.29 is 27.0 Å². The van der Waals surface area contributed by atoms with Gasteiger partial charge in [0.05, 0.1) is 32.3 Å². The quantitative estimate of drug-likeness (QED) is 0.248. The zero-order valence-corrected chi connectivity index (χ0v) is 23.9. The number of hydrogen-bond donors (Lipinski definition) is 1. The Bertz CT molecular complexity index is 1500. The number of ether oxygens (including phenoxy) is 3. The number of benzene rings is 1. The van der Waals surface area contributed by atoms with Crippen LogP contribution in [0, 0.1) is 5.92 Å². The Morgan fingerprint density at radius 3 is 2.38 bits per heavy atom. The molecule has 12 nitrogen and oxygen atoms in total. The summed E-state index contributed by atoms with van der Waals surface area (Å²) in [6, 6.07) is 10.2. The third-order valence-corrected chi connectivity index (χ3v) is 7.76. The predicted octanol–water partition coefficient (Wildman–Crippen LogP) is 4.44. The number of anilines is 1. The van der Waals surface area contributed by atoms with Crippen LogP contribution in [0.4, 0.5) is 10.3 Å². The van der Waals surface area contributed by atoms with Crippen LogP contribution in [-0.4, -0.2) is 66.8 Å². The van der Waals surface area contributed by atoms with Gasteiger partial charge in [-0.15, -0.1) is 10.2 Å². The van der Waals surface area contributed by atoms with Crippen molar-refractivity contribution in [1.29, 1.82) is 0 Å². The van der Waals surface area contributed by atoms with Gasteiger partial charge in [0, 0.05) is 12.0 Å². The molecule has 3 rings (SSSR count). The molecular weight excluding hydrogens is 541 g/mol. The molecule has 0 saturated carbocycles. The van der Waals surface area contributed by atoms with Gasteiger partial charge in [-0.1, -0.05) is 19.1 Å². The largest absolute Gasteiger partial charge is 0.494 e. The van der Waals surface area contributed by atoms with E-state index in [4.69, 9.17) is 14.2 Å². The summed E-state index contributed by atoms with van der Waals surface area (Å²) in [5.41, 5.74) is 0.699. The van der Waals surface area contributed by atoms with Gasteiger partial charge in [0.25, 0.3) is 0 Å². The summed E-state index contributed by atoms with van der Waals surface area (Å²) >= 11 is 0. The molecule has 0 radical (unpaired) electrons. The topological polar surface area (TPSA) is 142 Å². The van der Waals surface area contributed by atoms with Gasteiger partial charge in [-0.25, -0.2) is 27.8 Å². The second-order valence-corrected chi connectivity index (χ2v) is 10.5. The van der Waals surface area contributed by atoms with E-state index in [9.17, 15) is 12.8 Å². The van der Waals surface area contributed by atoms with E-state index in [-0.39, 0.29) is 17.6 Å². The summed E-state index contributed by atoms with van der Waals surface area (Å²) in [4.78, 5) is 12.2. The van der Waals surface area contributed by atoms with Gasteiger partial charge < -0.3 is 14.2 Å². The minimum atomic E-state index is -4.14. The lowest BCUT2D eigenvalue weighted by molar-refractivity contribution is 0.327. The lowest BCUT2D eigenvalue weighted by Gasteiger charge is -2.21. The van der Waals surface area contributed by atoms with Crippen molar-refractivity contribution in [2.45, 2.75) is 32.9 Å². The maximum Gasteiger partial charge on any atom is 0.243 e. The Hall–Kier alpha value is -4.33. The highest BCUT2D eigenvalue weighted by Crippen LogP contribution is 2.37. The minimum Gasteiger partial charge on any atom is -0.494 e. The zero-order chi connectivity index (χ0) is 29.4. The minimum absolute atomic E-state index is 0.0559. The van der Waals surface area contributed by atoms with Gasteiger partial charge in [0.15, 0.2) is 5.82 Å². The molecule has 0 aliphatic heterocycles. The molecule has 40 heavy (non-hydrogen) atoms. The number of para-hydroxylation sites is 1. The fourth-order valence-corrected chi connectivity index (χ4v) is 4.94. The average Bonchev–Trinajstić information content (AvgIpc) is 3.34. The van der Waals surface area contributed by atoms with E-state index in [0.29, 0.717) is 35.4 Å². The van der Waals surface area contributed by atoms with Crippen LogP contribution in [0.2, 0.25) is 0 Å². The van der Waals surface area contributed by atoms with Crippen molar-refractivity contribution >= 4 is 28.5 Å². The maximum absolute atomic E-state index is 13.6. The summed E-state index contributed by atoms with van der Waals surface area (Å²) in [5.74, 6) is -0.134. The molecule has 0 amide bonds. The van der Waals surface area contributed by atoms with Crippen molar-refractivity contribution in [2.24, 2.45) is 15.9 Å². The van der Waals surface area contributed by atoms with Gasteiger partial charge in [0.2, 0.25) is 21.9 Å². The normalized spacial score (nSPS) is 13.9. The smallest absolute Gasteiger partial charge is 0.243 e. The van der Waals surface area contributed by atoms with E-state index in [2.05, 4.69) is 36.6 Å². The first-order valence-corrected chi connectivity index (χ1v) is 13.8. The number of aliphatic imine (C=N–C) groups is 2. The second-order valence-electron chi connectivity index (χ2n) is 8.49. The van der Waals surface area contributed by atoms with Crippen LogP contribution in [0.15, 0.2) is 58.4 Å². The van der Waals surface area contributed by atoms with E-state index in [0.717, 1.165) is 6.20 Å². The molecule has 2 atom stereocenters. The van der Waals surface area contributed by atoms with Gasteiger partial charge in [0.1, 0.15) is 34.5 Å². The Morgan fingerprint density at radius 1 is 1.15 bits per heavy atom. The van der Waals surface area contributed by atoms with Crippen molar-refractivity contribution in [1.82, 2.24) is 19.7 Å². The molecule has 2 heterocycles. The fourth-order valence-electron chi connectivity index (χ4n) is 3.70. The number of nitrogens with one attached hydrogen (secondary N) is 1. The Balaban J connectivity index is 2.18. The number of methoxy groups -OCH3 is 2. The number of hydrogen-bond acceptors (Lipinski definition) is 9. The molecule has 2 aromatic heterocycles. The van der Waals surface area contributed by atoms with Crippen LogP contribution >= 0.6 is 0 Å². The molecule has 0 spiro atoms. The molecule has 0 bridgehead atoms. The van der Waals surface area contributed by atoms with Crippen molar-refractivity contribution in [3.63, 3.8) is 0 Å². The number of pyridine rings is 1. The number of sulfonamides is 1. The highest BCUT2D eigenvalue weighted by molar-refractivity contribution is 7.93. The van der Waals surface area contributed by atoms with Crippen LogP contribution in [0.3, 0.4) is 0 Å². The zero-order valence-electron chi connectivity index (χ0n) is 23.1. The van der Waals surface area contributed by atoms with Gasteiger partial charge in [-0.2, -0.15) is 0 Å². The number of nitrogens with zero attached hydrogens (tertiary/aromatic N) is 6. The lowest BCUT2D eigenvalue weighted by Crippen LogP contribution is -2.35. The lowest BCUT2D eigenvalue weighted by atomic mass is 10.1. The molecule has 0 aliphatic rings. The standard InChI is InChI=1S/C26H32FN7O5S/c1-8-39-22-14-9-11-19(30-22)25-31-32-26(34(25)23-20(37-6)12-10-13-21(23)38-7)33-40(35,36)18(4)17(3)24(28-5)29-15-16(2)27/h9-15,17-18H,5,8H2,1-4,6-7H3,(H,32,33)/b16-15+,29-24?/t17-,18-/m0/s1. The van der Waals surface area contributed by atoms with E-state index in [1.54, 1.807) is 43.3 Å². The summed E-state index contributed by atoms with van der Waals surface area (Å²) in [5, 5.41) is 7.33. The van der Waals surface area contributed by atoms with Crippen LogP contribution in [0.25, 0.3) is 17.2 Å². The summed E-state index contributed by atoms with van der Waals surface area (Å²) in [7, 11) is -1.20. The SMILES string of the molecule is C=NC(=N/C=C(\C)F)[C@@H](C)[C@H](C)S(=O)(=O)Nc1nnc(-c2cccc(OCC)n2)n1-c1c(OC)cccc1OC. The maximum atomic E-state index is 13.6. The van der Waals surface area contributed by atoms with Crippen LogP contribution in [-0.2, 0) is 10.0 Å². The van der Waals surface area contributed by atoms with Crippen molar-refractivity contribution in [3.05, 3.63) is 48.4 Å². The molecule has 3 aromatic rings. The second kappa shape index (κ2) is 13.2. The predicted molar refractivity (Wildman–Crippen MR) is 152 cm³/mol. The molecular formula is C26H32FN7O5S. The summed E-state index contributed by atoms with van der Waals surface area (Å²) < 4.78 is 61.1. The van der Waals surface area contributed by atoms with Crippen molar-refractivity contribution in [2.75, 3.05) is 25.5 Å². The highest BCUT2D eigenvalue weighted by Gasteiger charge is 2.33. The molecule has 0 aliphatic carbocycles.